The Kier molecular flexibility index (Phi) is 3.29. The molecule has 102 valence electrons. The summed E-state index contributed by atoms with van der Waals surface area (Å²) in [5.74, 6) is 0.137. The number of carbonyl (C=O) groups is 1. The molecule has 0 spiro atoms. The molecule has 3 rings (SSSR count). The third kappa shape index (κ3) is 2.05. The van der Waals surface area contributed by atoms with Gasteiger partial charge in [-0.25, -0.2) is 5.48 Å². The third-order valence-corrected chi connectivity index (χ3v) is 4.74. The Balaban J connectivity index is 1.87. The molecule has 1 aromatic carbocycles. The van der Waals surface area contributed by atoms with Gasteiger partial charge in [0.1, 0.15) is 0 Å². The standard InChI is InChI=1S/C15H20N2O2/c1-10(11-5-3-2-4-6-11)17-13-8-7-12(9-13)14(17)15(18)16-19/h2-6,10,12-14,19H,7-9H2,1H3,(H,16,18)/t10-,12?,13?,14?/m0/s1. The molecule has 1 heterocycles. The Morgan fingerprint density at radius 3 is 2.79 bits per heavy atom. The molecule has 3 unspecified atom stereocenters. The number of amides is 1. The molecular weight excluding hydrogens is 240 g/mol. The summed E-state index contributed by atoms with van der Waals surface area (Å²) in [4.78, 5) is 14.2. The summed E-state index contributed by atoms with van der Waals surface area (Å²) in [5, 5.41) is 8.97. The molecule has 1 amide bonds. The van der Waals surface area contributed by atoms with Crippen LogP contribution in [0.15, 0.2) is 30.3 Å². The monoisotopic (exact) mass is 260 g/mol. The van der Waals surface area contributed by atoms with Crippen molar-refractivity contribution in [3.8, 4) is 0 Å². The molecular formula is C15H20N2O2. The van der Waals surface area contributed by atoms with E-state index in [0.29, 0.717) is 12.0 Å². The van der Waals surface area contributed by atoms with Crippen molar-refractivity contribution in [3.05, 3.63) is 35.9 Å². The Labute approximate surface area is 113 Å². The number of hydrogen-bond donors (Lipinski definition) is 2. The van der Waals surface area contributed by atoms with Crippen LogP contribution in [-0.4, -0.2) is 28.1 Å². The maximum atomic E-state index is 11.9. The van der Waals surface area contributed by atoms with Gasteiger partial charge in [-0.15, -0.1) is 0 Å². The molecule has 0 radical (unpaired) electrons. The van der Waals surface area contributed by atoms with E-state index in [9.17, 15) is 4.79 Å². The fourth-order valence-corrected chi connectivity index (χ4v) is 3.90. The van der Waals surface area contributed by atoms with Gasteiger partial charge in [-0.3, -0.25) is 14.9 Å². The average molecular weight is 260 g/mol. The summed E-state index contributed by atoms with van der Waals surface area (Å²) in [7, 11) is 0. The second-order valence-corrected chi connectivity index (χ2v) is 5.68. The zero-order valence-electron chi connectivity index (χ0n) is 11.1. The molecule has 0 aromatic heterocycles. The minimum Gasteiger partial charge on any atom is -0.289 e. The Morgan fingerprint density at radius 1 is 1.37 bits per heavy atom. The first-order chi connectivity index (χ1) is 9.22. The van der Waals surface area contributed by atoms with Crippen molar-refractivity contribution in [1.29, 1.82) is 0 Å². The second-order valence-electron chi connectivity index (χ2n) is 5.68. The van der Waals surface area contributed by atoms with Crippen molar-refractivity contribution in [2.45, 2.75) is 44.3 Å². The molecule has 2 aliphatic rings. The van der Waals surface area contributed by atoms with E-state index < -0.39 is 0 Å². The van der Waals surface area contributed by atoms with E-state index in [1.54, 1.807) is 0 Å². The number of rotatable bonds is 3. The van der Waals surface area contributed by atoms with Crippen molar-refractivity contribution < 1.29 is 10.0 Å². The summed E-state index contributed by atoms with van der Waals surface area (Å²) in [6, 6.07) is 10.8. The average Bonchev–Trinajstić information content (AvgIpc) is 3.07. The van der Waals surface area contributed by atoms with Crippen molar-refractivity contribution >= 4 is 5.91 Å². The van der Waals surface area contributed by atoms with Crippen molar-refractivity contribution in [1.82, 2.24) is 10.4 Å². The number of nitrogens with zero attached hydrogens (tertiary/aromatic N) is 1. The lowest BCUT2D eigenvalue weighted by Gasteiger charge is -2.38. The minimum atomic E-state index is -0.255. The summed E-state index contributed by atoms with van der Waals surface area (Å²) >= 11 is 0. The van der Waals surface area contributed by atoms with E-state index in [1.165, 1.54) is 5.56 Å². The number of hydrogen-bond acceptors (Lipinski definition) is 3. The van der Waals surface area contributed by atoms with Gasteiger partial charge in [-0.2, -0.15) is 0 Å². The fraction of sp³-hybridized carbons (Fsp3) is 0.533. The minimum absolute atomic E-state index is 0.182. The molecule has 2 bridgehead atoms. The molecule has 1 saturated carbocycles. The summed E-state index contributed by atoms with van der Waals surface area (Å²) in [5.41, 5.74) is 3.08. The molecule has 1 saturated heterocycles. The Hall–Kier alpha value is -1.39. The highest BCUT2D eigenvalue weighted by Crippen LogP contribution is 2.46. The van der Waals surface area contributed by atoms with Gasteiger partial charge in [-0.1, -0.05) is 30.3 Å². The summed E-state index contributed by atoms with van der Waals surface area (Å²) in [6.07, 6.45) is 3.34. The first-order valence-corrected chi connectivity index (χ1v) is 6.98. The van der Waals surface area contributed by atoms with Gasteiger partial charge in [0.15, 0.2) is 0 Å². The molecule has 1 aromatic rings. The van der Waals surface area contributed by atoms with Gasteiger partial charge < -0.3 is 0 Å². The maximum Gasteiger partial charge on any atom is 0.260 e. The highest BCUT2D eigenvalue weighted by molar-refractivity contribution is 5.81. The van der Waals surface area contributed by atoms with Crippen LogP contribution in [0.25, 0.3) is 0 Å². The highest BCUT2D eigenvalue weighted by Gasteiger charge is 2.50. The molecule has 4 heteroatoms. The van der Waals surface area contributed by atoms with Gasteiger partial charge in [0.2, 0.25) is 0 Å². The lowest BCUT2D eigenvalue weighted by molar-refractivity contribution is -0.137. The van der Waals surface area contributed by atoms with Gasteiger partial charge in [0.25, 0.3) is 5.91 Å². The second kappa shape index (κ2) is 4.94. The fourth-order valence-electron chi connectivity index (χ4n) is 3.90. The SMILES string of the molecule is C[C@@H](c1ccccc1)N1C2CCC(C2)C1C(=O)NO. The molecule has 1 aliphatic carbocycles. The number of piperidine rings is 1. The van der Waals surface area contributed by atoms with Crippen LogP contribution in [0, 0.1) is 5.92 Å². The van der Waals surface area contributed by atoms with Crippen LogP contribution >= 0.6 is 0 Å². The van der Waals surface area contributed by atoms with E-state index in [0.717, 1.165) is 19.3 Å². The molecule has 4 nitrogen and oxygen atoms in total. The largest absolute Gasteiger partial charge is 0.289 e. The number of fused-ring (bicyclic) bond motifs is 2. The van der Waals surface area contributed by atoms with E-state index in [-0.39, 0.29) is 18.0 Å². The van der Waals surface area contributed by atoms with Crippen LogP contribution in [0.4, 0.5) is 0 Å². The molecule has 4 atom stereocenters. The van der Waals surface area contributed by atoms with Crippen molar-refractivity contribution in [3.63, 3.8) is 0 Å². The quantitative estimate of drug-likeness (QED) is 0.646. The Morgan fingerprint density at radius 2 is 2.11 bits per heavy atom. The van der Waals surface area contributed by atoms with E-state index >= 15 is 0 Å². The predicted molar refractivity (Wildman–Crippen MR) is 71.5 cm³/mol. The maximum absolute atomic E-state index is 11.9. The lowest BCUT2D eigenvalue weighted by atomic mass is 9.95. The van der Waals surface area contributed by atoms with Crippen LogP contribution in [0.1, 0.15) is 37.8 Å². The van der Waals surface area contributed by atoms with E-state index in [2.05, 4.69) is 24.0 Å². The number of carbonyl (C=O) groups excluding carboxylic acids is 1. The van der Waals surface area contributed by atoms with Crippen LogP contribution in [0.3, 0.4) is 0 Å². The third-order valence-electron chi connectivity index (χ3n) is 4.74. The first kappa shape index (κ1) is 12.6. The van der Waals surface area contributed by atoms with Crippen LogP contribution < -0.4 is 5.48 Å². The lowest BCUT2D eigenvalue weighted by Crippen LogP contribution is -2.50. The molecule has 19 heavy (non-hydrogen) atoms. The van der Waals surface area contributed by atoms with Gasteiger partial charge in [0, 0.05) is 12.1 Å². The first-order valence-electron chi connectivity index (χ1n) is 6.98. The zero-order valence-corrected chi connectivity index (χ0v) is 11.1. The van der Waals surface area contributed by atoms with Crippen molar-refractivity contribution in [2.24, 2.45) is 5.92 Å². The summed E-state index contributed by atoms with van der Waals surface area (Å²) in [6.45, 7) is 2.15. The topological polar surface area (TPSA) is 52.6 Å². The van der Waals surface area contributed by atoms with Gasteiger partial charge in [-0.05, 0) is 37.7 Å². The number of nitrogens with one attached hydrogen (secondary N) is 1. The van der Waals surface area contributed by atoms with Crippen molar-refractivity contribution in [2.75, 3.05) is 0 Å². The highest BCUT2D eigenvalue weighted by atomic mass is 16.5. The normalized spacial score (nSPS) is 31.4. The zero-order chi connectivity index (χ0) is 13.4. The van der Waals surface area contributed by atoms with Gasteiger partial charge >= 0.3 is 0 Å². The van der Waals surface area contributed by atoms with Crippen LogP contribution in [0.2, 0.25) is 0 Å². The molecule has 2 fully saturated rings. The number of benzene rings is 1. The van der Waals surface area contributed by atoms with Crippen LogP contribution in [-0.2, 0) is 4.79 Å². The van der Waals surface area contributed by atoms with Crippen LogP contribution in [0.5, 0.6) is 0 Å². The summed E-state index contributed by atoms with van der Waals surface area (Å²) < 4.78 is 0. The van der Waals surface area contributed by atoms with E-state index in [4.69, 9.17) is 5.21 Å². The molecule has 2 N–H and O–H groups in total. The predicted octanol–water partition coefficient (Wildman–Crippen LogP) is 2.11. The molecule has 1 aliphatic heterocycles. The Bertz CT molecular complexity index is 462. The number of likely N-dealkylation sites (tertiary alicyclic amines) is 1. The van der Waals surface area contributed by atoms with Gasteiger partial charge in [0.05, 0.1) is 6.04 Å². The smallest absolute Gasteiger partial charge is 0.260 e. The number of hydroxylamine groups is 1. The van der Waals surface area contributed by atoms with E-state index in [1.807, 2.05) is 23.7 Å².